The molecule has 7 unspecified atom stereocenters. The third kappa shape index (κ3) is 59.4. The van der Waals surface area contributed by atoms with E-state index in [1.165, 1.54) is 353 Å². The second-order valence-electron chi connectivity index (χ2n) is 28.5. The molecule has 6 N–H and O–H groups in total. The molecule has 1 aliphatic rings. The molecule has 542 valence electrons. The average Bonchev–Trinajstić information content (AvgIpc) is 1.45. The van der Waals surface area contributed by atoms with Crippen LogP contribution >= 0.6 is 0 Å². The molecule has 0 radical (unpaired) electrons. The van der Waals surface area contributed by atoms with Gasteiger partial charge in [0.05, 0.1) is 25.4 Å². The lowest BCUT2D eigenvalue weighted by atomic mass is 9.99. The SMILES string of the molecule is CCCCCCCCCC/C=C\CCCCCCCCCCCCCCCCCCCCCCCCCCCCCC(=O)NC(COC1OC(CO)C(O)C(O)C1O)C(O)/C=C/CC/C=C/CC/C=C/CCCCCCCCCCCCCCCCCCCCCC. The summed E-state index contributed by atoms with van der Waals surface area (Å²) >= 11 is 0. The van der Waals surface area contributed by atoms with Crippen LogP contribution in [0.3, 0.4) is 0 Å². The normalized spacial score (nSPS) is 17.8. The lowest BCUT2D eigenvalue weighted by molar-refractivity contribution is -0.302. The van der Waals surface area contributed by atoms with Gasteiger partial charge < -0.3 is 40.3 Å². The van der Waals surface area contributed by atoms with E-state index in [0.717, 1.165) is 44.9 Å². The molecule has 1 aliphatic heterocycles. The topological polar surface area (TPSA) is 149 Å². The van der Waals surface area contributed by atoms with Crippen LogP contribution < -0.4 is 5.32 Å². The number of unbranched alkanes of at least 4 members (excludes halogenated alkanes) is 57. The van der Waals surface area contributed by atoms with Crippen LogP contribution in [0.15, 0.2) is 48.6 Å². The van der Waals surface area contributed by atoms with Gasteiger partial charge in [-0.15, -0.1) is 0 Å². The van der Waals surface area contributed by atoms with Gasteiger partial charge in [0.1, 0.15) is 24.4 Å². The molecule has 0 spiro atoms. The van der Waals surface area contributed by atoms with Gasteiger partial charge in [-0.2, -0.15) is 0 Å². The van der Waals surface area contributed by atoms with Gasteiger partial charge >= 0.3 is 0 Å². The number of allylic oxidation sites excluding steroid dienone is 7. The predicted molar refractivity (Wildman–Crippen MR) is 396 cm³/mol. The Labute approximate surface area is 571 Å². The number of nitrogens with one attached hydrogen (secondary N) is 1. The number of ether oxygens (including phenoxy) is 2. The smallest absolute Gasteiger partial charge is 0.220 e. The number of carbonyl (C=O) groups is 1. The zero-order chi connectivity index (χ0) is 66.4. The van der Waals surface area contributed by atoms with Crippen molar-refractivity contribution in [1.82, 2.24) is 5.32 Å². The zero-order valence-corrected chi connectivity index (χ0v) is 61.1. The Hall–Kier alpha value is -1.85. The monoisotopic (exact) mass is 1300 g/mol. The lowest BCUT2D eigenvalue weighted by Crippen LogP contribution is -2.60. The van der Waals surface area contributed by atoms with Crippen molar-refractivity contribution in [3.8, 4) is 0 Å². The first-order valence-electron chi connectivity index (χ1n) is 40.9. The number of hydrogen-bond acceptors (Lipinski definition) is 8. The molecule has 1 heterocycles. The molecule has 0 saturated carbocycles. The minimum Gasteiger partial charge on any atom is -0.394 e. The zero-order valence-electron chi connectivity index (χ0n) is 61.1. The summed E-state index contributed by atoms with van der Waals surface area (Å²) in [6, 6.07) is -0.830. The molecular weight excluding hydrogens is 1140 g/mol. The van der Waals surface area contributed by atoms with Crippen LogP contribution in [0.4, 0.5) is 0 Å². The van der Waals surface area contributed by atoms with E-state index < -0.39 is 49.5 Å². The highest BCUT2D eigenvalue weighted by molar-refractivity contribution is 5.76. The number of amides is 1. The molecule has 9 heteroatoms. The molecule has 0 aliphatic carbocycles. The maximum atomic E-state index is 13.2. The summed E-state index contributed by atoms with van der Waals surface area (Å²) in [5.74, 6) is -0.182. The number of rotatable bonds is 73. The Balaban J connectivity index is 2.07. The van der Waals surface area contributed by atoms with Crippen LogP contribution in [0.1, 0.15) is 418 Å². The Morgan fingerprint density at radius 2 is 0.620 bits per heavy atom. The lowest BCUT2D eigenvalue weighted by Gasteiger charge is -2.40. The number of carbonyl (C=O) groups excluding carboxylic acids is 1. The highest BCUT2D eigenvalue weighted by Gasteiger charge is 2.44. The Morgan fingerprint density at radius 3 is 0.913 bits per heavy atom. The number of aliphatic hydroxyl groups is 5. The largest absolute Gasteiger partial charge is 0.394 e. The van der Waals surface area contributed by atoms with E-state index in [1.54, 1.807) is 6.08 Å². The highest BCUT2D eigenvalue weighted by atomic mass is 16.7. The number of aliphatic hydroxyl groups excluding tert-OH is 5. The summed E-state index contributed by atoms with van der Waals surface area (Å²) in [6.45, 7) is 3.82. The van der Waals surface area contributed by atoms with Crippen LogP contribution in [0.2, 0.25) is 0 Å². The van der Waals surface area contributed by atoms with Crippen LogP contribution in [0, 0.1) is 0 Å². The Bertz CT molecular complexity index is 1600. The molecule has 9 nitrogen and oxygen atoms in total. The second kappa shape index (κ2) is 71.9. The quantitative estimate of drug-likeness (QED) is 0.0261. The van der Waals surface area contributed by atoms with Gasteiger partial charge in [-0.05, 0) is 70.6 Å². The Kier molecular flexibility index (Phi) is 68.9. The summed E-state index contributed by atoms with van der Waals surface area (Å²) in [7, 11) is 0. The summed E-state index contributed by atoms with van der Waals surface area (Å²) in [5.41, 5.74) is 0. The van der Waals surface area contributed by atoms with E-state index in [-0.39, 0.29) is 12.5 Å². The Morgan fingerprint density at radius 1 is 0.359 bits per heavy atom. The van der Waals surface area contributed by atoms with Gasteiger partial charge in [-0.1, -0.05) is 390 Å². The fourth-order valence-corrected chi connectivity index (χ4v) is 13.3. The van der Waals surface area contributed by atoms with Crippen molar-refractivity contribution in [2.75, 3.05) is 13.2 Å². The first-order chi connectivity index (χ1) is 45.3. The predicted octanol–water partition coefficient (Wildman–Crippen LogP) is 23.5. The fourth-order valence-electron chi connectivity index (χ4n) is 13.3. The molecule has 1 fully saturated rings. The van der Waals surface area contributed by atoms with Crippen molar-refractivity contribution in [2.45, 2.75) is 461 Å². The van der Waals surface area contributed by atoms with E-state index >= 15 is 0 Å². The van der Waals surface area contributed by atoms with E-state index in [9.17, 15) is 30.3 Å². The summed E-state index contributed by atoms with van der Waals surface area (Å²) < 4.78 is 11.3. The second-order valence-corrected chi connectivity index (χ2v) is 28.5. The third-order valence-corrected chi connectivity index (χ3v) is 19.6. The van der Waals surface area contributed by atoms with Crippen molar-refractivity contribution in [2.24, 2.45) is 0 Å². The van der Waals surface area contributed by atoms with E-state index in [0.29, 0.717) is 6.42 Å². The van der Waals surface area contributed by atoms with Gasteiger partial charge in [-0.3, -0.25) is 4.79 Å². The van der Waals surface area contributed by atoms with Gasteiger partial charge in [0.2, 0.25) is 5.91 Å². The minimum absolute atomic E-state index is 0.182. The number of hydrogen-bond donors (Lipinski definition) is 6. The van der Waals surface area contributed by atoms with E-state index in [2.05, 4.69) is 55.6 Å². The standard InChI is InChI=1S/C83H157NO8/c1-3-5-7-9-11-13-15-17-19-21-23-25-27-29-31-33-35-36-37-38-39-40-41-42-43-45-47-49-51-53-55-57-59-61-63-65-67-69-71-73-79(87)84-76(75-91-83-82(90)81(89)80(88)78(74-85)92-83)77(86)72-70-68-66-64-62-60-58-56-54-52-50-48-46-44-34-32-30-28-26-24-22-20-18-16-14-12-10-8-6-4-2/h21,23,54,56,62,64,70,72,76-78,80-83,85-86,88-90H,3-20,22,24-53,55,57-61,63,65-69,71,73-75H2,1-2H3,(H,84,87)/b23-21-,56-54+,64-62+,72-70+. The molecular formula is C83H157NO8. The molecule has 1 rings (SSSR count). The molecule has 7 atom stereocenters. The van der Waals surface area contributed by atoms with E-state index in [1.807, 2.05) is 6.08 Å². The van der Waals surface area contributed by atoms with Gasteiger partial charge in [-0.25, -0.2) is 0 Å². The molecule has 0 aromatic heterocycles. The minimum atomic E-state index is -1.58. The maximum absolute atomic E-state index is 13.2. The van der Waals surface area contributed by atoms with Crippen molar-refractivity contribution in [3.63, 3.8) is 0 Å². The maximum Gasteiger partial charge on any atom is 0.220 e. The van der Waals surface area contributed by atoms with Gasteiger partial charge in [0, 0.05) is 6.42 Å². The van der Waals surface area contributed by atoms with Crippen molar-refractivity contribution in [3.05, 3.63) is 48.6 Å². The average molecular weight is 1300 g/mol. The van der Waals surface area contributed by atoms with Gasteiger partial charge in [0.25, 0.3) is 0 Å². The highest BCUT2D eigenvalue weighted by Crippen LogP contribution is 2.24. The molecule has 0 aromatic rings. The van der Waals surface area contributed by atoms with Gasteiger partial charge in [0.15, 0.2) is 6.29 Å². The van der Waals surface area contributed by atoms with Crippen LogP contribution in [-0.4, -0.2) is 87.5 Å². The molecule has 0 aromatic carbocycles. The molecule has 0 bridgehead atoms. The first kappa shape index (κ1) is 88.2. The summed E-state index contributed by atoms with van der Waals surface area (Å²) in [6.07, 6.45) is 92.8. The molecule has 1 amide bonds. The molecule has 1 saturated heterocycles. The third-order valence-electron chi connectivity index (χ3n) is 19.6. The van der Waals surface area contributed by atoms with E-state index in [4.69, 9.17) is 9.47 Å². The van der Waals surface area contributed by atoms with Crippen LogP contribution in [0.5, 0.6) is 0 Å². The summed E-state index contributed by atoms with van der Waals surface area (Å²) in [5, 5.41) is 54.9. The first-order valence-corrected chi connectivity index (χ1v) is 40.9. The van der Waals surface area contributed by atoms with Crippen molar-refractivity contribution in [1.29, 1.82) is 0 Å². The summed E-state index contributed by atoms with van der Waals surface area (Å²) in [4.78, 5) is 13.2. The van der Waals surface area contributed by atoms with Crippen LogP contribution in [-0.2, 0) is 14.3 Å². The van der Waals surface area contributed by atoms with Crippen molar-refractivity contribution < 1.29 is 39.8 Å². The van der Waals surface area contributed by atoms with Crippen molar-refractivity contribution >= 4 is 5.91 Å². The van der Waals surface area contributed by atoms with Crippen LogP contribution in [0.25, 0.3) is 0 Å². The molecule has 92 heavy (non-hydrogen) atoms. The fraction of sp³-hybridized carbons (Fsp3) is 0.892.